The molecule has 4 aromatic carbocycles. The van der Waals surface area contributed by atoms with E-state index in [1.54, 1.807) is 43.3 Å². The van der Waals surface area contributed by atoms with Crippen LogP contribution in [0.25, 0.3) is 43.8 Å². The number of hydrogen-bond acceptors (Lipinski definition) is 0. The number of allylic oxidation sites excluding steroid dienone is 2. The molecular formula is C42H36Cl2HfP2. The number of fused-ring (bicyclic) bond motifs is 8. The molecule has 0 nitrogen and oxygen atoms in total. The first-order valence-corrected chi connectivity index (χ1v) is 23.8. The van der Waals surface area contributed by atoms with Gasteiger partial charge in [0.2, 0.25) is 0 Å². The maximum Gasteiger partial charge on any atom is -1.00 e. The van der Waals surface area contributed by atoms with E-state index in [2.05, 4.69) is 109 Å². The summed E-state index contributed by atoms with van der Waals surface area (Å²) in [6, 6.07) is 38.1. The topological polar surface area (TPSA) is 0 Å². The zero-order valence-corrected chi connectivity index (χ0v) is 33.2. The Balaban J connectivity index is 0.00000162. The molecule has 232 valence electrons. The molecule has 0 spiro atoms. The molecule has 6 aromatic rings. The first kappa shape index (κ1) is 32.1. The molecule has 0 bridgehead atoms. The molecule has 4 atom stereocenters. The van der Waals surface area contributed by atoms with Crippen LogP contribution in [-0.4, -0.2) is 0 Å². The van der Waals surface area contributed by atoms with Crippen molar-refractivity contribution in [3.05, 3.63) is 141 Å². The minimum atomic E-state index is -1.36. The van der Waals surface area contributed by atoms with Crippen molar-refractivity contribution in [2.75, 3.05) is 0 Å². The van der Waals surface area contributed by atoms with Crippen LogP contribution in [-0.2, 0) is 48.6 Å². The summed E-state index contributed by atoms with van der Waals surface area (Å²) in [5, 5.41) is 13.8. The summed E-state index contributed by atoms with van der Waals surface area (Å²) in [5.74, 6) is 0. The van der Waals surface area contributed by atoms with Gasteiger partial charge in [-0.15, -0.1) is 0 Å². The van der Waals surface area contributed by atoms with E-state index in [9.17, 15) is 0 Å². The summed E-state index contributed by atoms with van der Waals surface area (Å²) in [5.41, 5.74) is 9.79. The fourth-order valence-corrected chi connectivity index (χ4v) is 25.5. The van der Waals surface area contributed by atoms with Crippen molar-refractivity contribution in [2.45, 2.75) is 58.7 Å². The normalized spacial score (nSPS) is 19.8. The summed E-state index contributed by atoms with van der Waals surface area (Å²) < 4.78 is 1.31. The predicted molar refractivity (Wildman–Crippen MR) is 193 cm³/mol. The van der Waals surface area contributed by atoms with Crippen LogP contribution in [0.3, 0.4) is 0 Å². The second kappa shape index (κ2) is 13.0. The van der Waals surface area contributed by atoms with Gasteiger partial charge in [-0.25, -0.2) is 0 Å². The molecule has 2 aromatic heterocycles. The van der Waals surface area contributed by atoms with Gasteiger partial charge in [-0.2, -0.15) is 0 Å². The second-order valence-corrected chi connectivity index (χ2v) is 23.2. The SMILES string of the molecule is C1=C(p2c3c(c4ccccc42)CCCC3)[CH]([Hf+2][CH]2C(p3c4c(c5ccccc53)CCCC4)=Cc3ccccc32)c2ccccc21.[Cl-].[Cl-]. The van der Waals surface area contributed by atoms with Crippen LogP contribution in [0.2, 0.25) is 0 Å². The van der Waals surface area contributed by atoms with Gasteiger partial charge in [-0.1, -0.05) is 0 Å². The number of hydrogen-bond donors (Lipinski definition) is 0. The van der Waals surface area contributed by atoms with Gasteiger partial charge in [-0.3, -0.25) is 0 Å². The number of rotatable bonds is 4. The molecule has 0 saturated carbocycles. The molecule has 0 fully saturated rings. The predicted octanol–water partition coefficient (Wildman–Crippen LogP) is 6.62. The molecular weight excluding hydrogens is 816 g/mol. The number of aryl methyl sites for hydroxylation is 2. The Labute approximate surface area is 304 Å². The van der Waals surface area contributed by atoms with Crippen molar-refractivity contribution < 1.29 is 47.7 Å². The molecule has 0 N–H and O–H groups in total. The van der Waals surface area contributed by atoms with Crippen LogP contribution >= 0.6 is 15.1 Å². The third-order valence-electron chi connectivity index (χ3n) is 11.0. The van der Waals surface area contributed by atoms with E-state index in [0.29, 0.717) is 7.35 Å². The summed E-state index contributed by atoms with van der Waals surface area (Å²) in [4.78, 5) is 0. The maximum absolute atomic E-state index is 2.70. The largest absolute Gasteiger partial charge is 1.00 e. The molecule has 4 unspecified atom stereocenters. The van der Waals surface area contributed by atoms with E-state index in [-0.39, 0.29) is 24.8 Å². The summed E-state index contributed by atoms with van der Waals surface area (Å²) in [6.07, 6.45) is 16.0. The van der Waals surface area contributed by atoms with Crippen molar-refractivity contribution in [3.8, 4) is 0 Å². The molecule has 5 heteroatoms. The Hall–Kier alpha value is -2.11. The van der Waals surface area contributed by atoms with Crippen molar-refractivity contribution >= 4 is 58.9 Å². The zero-order valence-electron chi connectivity index (χ0n) is 26.4. The van der Waals surface area contributed by atoms with Crippen LogP contribution < -0.4 is 24.8 Å². The Bertz CT molecular complexity index is 2080. The van der Waals surface area contributed by atoms with E-state index in [1.807, 2.05) is 21.2 Å². The number of benzene rings is 4. The van der Waals surface area contributed by atoms with Crippen molar-refractivity contribution in [1.29, 1.82) is 0 Å². The molecule has 10 rings (SSSR count). The van der Waals surface area contributed by atoms with Crippen molar-refractivity contribution in [1.82, 2.24) is 0 Å². The van der Waals surface area contributed by atoms with Gasteiger partial charge in [0.1, 0.15) is 0 Å². The maximum atomic E-state index is 2.70. The summed E-state index contributed by atoms with van der Waals surface area (Å²) >= 11 is -1.36. The third kappa shape index (κ3) is 5.02. The Kier molecular flexibility index (Phi) is 8.86. The molecule has 4 aliphatic carbocycles. The van der Waals surface area contributed by atoms with Crippen LogP contribution in [0.15, 0.2) is 97.1 Å². The van der Waals surface area contributed by atoms with Crippen LogP contribution in [0.4, 0.5) is 0 Å². The summed E-state index contributed by atoms with van der Waals surface area (Å²) in [7, 11) is -0.812. The summed E-state index contributed by atoms with van der Waals surface area (Å²) in [6.45, 7) is 0. The van der Waals surface area contributed by atoms with Gasteiger partial charge >= 0.3 is 282 Å². The van der Waals surface area contributed by atoms with E-state index < -0.39 is 38.0 Å². The van der Waals surface area contributed by atoms with E-state index in [1.165, 1.54) is 62.5 Å². The van der Waals surface area contributed by atoms with Crippen molar-refractivity contribution in [3.63, 3.8) is 0 Å². The molecule has 2 heterocycles. The van der Waals surface area contributed by atoms with Gasteiger partial charge in [0.25, 0.3) is 0 Å². The smallest absolute Gasteiger partial charge is 1.00 e. The fourth-order valence-electron chi connectivity index (χ4n) is 9.10. The van der Waals surface area contributed by atoms with Gasteiger partial charge in [-0.05, 0) is 0 Å². The molecule has 0 radical (unpaired) electrons. The van der Waals surface area contributed by atoms with Crippen LogP contribution in [0, 0.1) is 0 Å². The Morgan fingerprint density at radius 2 is 0.872 bits per heavy atom. The van der Waals surface area contributed by atoms with Crippen LogP contribution in [0.1, 0.15) is 77.0 Å². The minimum absolute atomic E-state index is 0. The average molecular weight is 852 g/mol. The Morgan fingerprint density at radius 3 is 1.36 bits per heavy atom. The van der Waals surface area contributed by atoms with E-state index >= 15 is 0 Å². The monoisotopic (exact) mass is 852 g/mol. The first-order chi connectivity index (χ1) is 22.3. The van der Waals surface area contributed by atoms with Gasteiger partial charge in [0.05, 0.1) is 0 Å². The van der Waals surface area contributed by atoms with Crippen molar-refractivity contribution in [2.24, 2.45) is 0 Å². The molecule has 4 aliphatic rings. The third-order valence-corrected chi connectivity index (χ3v) is 25.2. The second-order valence-electron chi connectivity index (χ2n) is 13.4. The Morgan fingerprint density at radius 1 is 0.468 bits per heavy atom. The average Bonchev–Trinajstić information content (AvgIpc) is 3.83. The van der Waals surface area contributed by atoms with E-state index in [0.717, 1.165) is 0 Å². The van der Waals surface area contributed by atoms with Crippen LogP contribution in [0.5, 0.6) is 0 Å². The molecule has 0 aliphatic heterocycles. The quantitative estimate of drug-likeness (QED) is 0.175. The fraction of sp³-hybridized carbons (Fsp3) is 0.238. The van der Waals surface area contributed by atoms with Gasteiger partial charge in [0, 0.05) is 0 Å². The molecule has 47 heavy (non-hydrogen) atoms. The molecule has 0 saturated heterocycles. The van der Waals surface area contributed by atoms with Gasteiger partial charge < -0.3 is 24.8 Å². The van der Waals surface area contributed by atoms with Gasteiger partial charge in [0.15, 0.2) is 0 Å². The number of halogens is 2. The van der Waals surface area contributed by atoms with E-state index in [4.69, 9.17) is 0 Å². The zero-order chi connectivity index (χ0) is 29.5. The first-order valence-electron chi connectivity index (χ1n) is 17.0. The standard InChI is InChI=1S/2C21H18P.2ClH.Hf/c2*1-2-8-16-14-17(13-15(16)7-1)22-20-11-5-3-9-18(20)19-10-4-6-12-21(19)22;;;/h2*1-3,5,7-9,11,13-14H,4,6,10,12H2;2*1H;/q;;;;+2/p-2. The minimum Gasteiger partial charge on any atom is -1.00 e. The molecule has 0 amide bonds.